The second kappa shape index (κ2) is 6.79. The van der Waals surface area contributed by atoms with Gasteiger partial charge in [-0.25, -0.2) is 10.2 Å². The van der Waals surface area contributed by atoms with Crippen LogP contribution in [-0.4, -0.2) is 16.8 Å². The van der Waals surface area contributed by atoms with Crippen LogP contribution in [0.15, 0.2) is 33.8 Å². The average molecular weight is 363 g/mol. The Bertz CT molecular complexity index is 734. The highest BCUT2D eigenvalue weighted by molar-refractivity contribution is 9.10. The van der Waals surface area contributed by atoms with Gasteiger partial charge in [0, 0.05) is 34.2 Å². The minimum atomic E-state index is -0.372. The number of amides is 2. The number of hydrazone groups is 1. The first-order valence-electron chi connectivity index (χ1n) is 6.87. The van der Waals surface area contributed by atoms with Crippen LogP contribution in [0.25, 0.3) is 0 Å². The molecule has 0 aliphatic carbocycles. The van der Waals surface area contributed by atoms with Crippen molar-refractivity contribution in [2.24, 2.45) is 12.1 Å². The third-order valence-electron chi connectivity index (χ3n) is 3.60. The van der Waals surface area contributed by atoms with Gasteiger partial charge >= 0.3 is 6.03 Å². The van der Waals surface area contributed by atoms with E-state index in [4.69, 9.17) is 0 Å². The minimum absolute atomic E-state index is 0.372. The fourth-order valence-corrected chi connectivity index (χ4v) is 2.30. The molecule has 6 heteroatoms. The number of aromatic nitrogens is 1. The van der Waals surface area contributed by atoms with E-state index in [1.807, 2.05) is 52.1 Å². The molecule has 2 aromatic rings. The number of aryl methyl sites for hydroxylation is 2. The van der Waals surface area contributed by atoms with Gasteiger partial charge in [0.1, 0.15) is 0 Å². The molecule has 2 rings (SSSR count). The first-order valence-corrected chi connectivity index (χ1v) is 7.67. The van der Waals surface area contributed by atoms with Gasteiger partial charge in [-0.15, -0.1) is 0 Å². The average Bonchev–Trinajstić information content (AvgIpc) is 2.70. The summed E-state index contributed by atoms with van der Waals surface area (Å²) in [5.74, 6) is 0. The number of hydrogen-bond acceptors (Lipinski definition) is 2. The predicted octanol–water partition coefficient (Wildman–Crippen LogP) is 3.87. The molecule has 2 amide bonds. The molecular weight excluding hydrogens is 344 g/mol. The number of rotatable bonds is 3. The van der Waals surface area contributed by atoms with E-state index in [2.05, 4.69) is 36.3 Å². The molecule has 1 aromatic heterocycles. The molecule has 116 valence electrons. The van der Waals surface area contributed by atoms with Gasteiger partial charge in [-0.2, -0.15) is 5.10 Å². The van der Waals surface area contributed by atoms with Crippen molar-refractivity contribution in [3.63, 3.8) is 0 Å². The normalized spacial score (nSPS) is 11.0. The maximum Gasteiger partial charge on any atom is 0.339 e. The second-order valence-corrected chi connectivity index (χ2v) is 6.03. The second-order valence-electron chi connectivity index (χ2n) is 5.17. The SMILES string of the molecule is Cc1cc(NC(=O)N/N=C/c2cc(C)n(C)c2C)ccc1Br. The zero-order chi connectivity index (χ0) is 16.3. The van der Waals surface area contributed by atoms with Gasteiger partial charge in [-0.1, -0.05) is 15.9 Å². The molecule has 0 aliphatic heterocycles. The van der Waals surface area contributed by atoms with Gasteiger partial charge in [0.05, 0.1) is 6.21 Å². The van der Waals surface area contributed by atoms with E-state index in [0.717, 1.165) is 32.7 Å². The van der Waals surface area contributed by atoms with Crippen LogP contribution in [0.4, 0.5) is 10.5 Å². The molecule has 0 spiro atoms. The Morgan fingerprint density at radius 2 is 2.00 bits per heavy atom. The van der Waals surface area contributed by atoms with Crippen molar-refractivity contribution in [2.45, 2.75) is 20.8 Å². The van der Waals surface area contributed by atoms with Crippen molar-refractivity contribution < 1.29 is 4.79 Å². The number of nitrogens with one attached hydrogen (secondary N) is 2. The van der Waals surface area contributed by atoms with Crippen LogP contribution in [0, 0.1) is 20.8 Å². The Morgan fingerprint density at radius 1 is 1.27 bits per heavy atom. The lowest BCUT2D eigenvalue weighted by Crippen LogP contribution is -2.24. The minimum Gasteiger partial charge on any atom is -0.352 e. The van der Waals surface area contributed by atoms with E-state index < -0.39 is 0 Å². The van der Waals surface area contributed by atoms with Crippen LogP contribution in [0.2, 0.25) is 0 Å². The summed E-state index contributed by atoms with van der Waals surface area (Å²) >= 11 is 3.42. The van der Waals surface area contributed by atoms with Crippen molar-refractivity contribution in [1.29, 1.82) is 0 Å². The fraction of sp³-hybridized carbons (Fsp3) is 0.250. The summed E-state index contributed by atoms with van der Waals surface area (Å²) < 4.78 is 3.08. The van der Waals surface area contributed by atoms with E-state index in [-0.39, 0.29) is 6.03 Å². The maximum absolute atomic E-state index is 11.8. The molecule has 0 saturated heterocycles. The molecular formula is C16H19BrN4O. The molecule has 5 nitrogen and oxygen atoms in total. The van der Waals surface area contributed by atoms with E-state index >= 15 is 0 Å². The van der Waals surface area contributed by atoms with E-state index in [0.29, 0.717) is 0 Å². The van der Waals surface area contributed by atoms with E-state index in [1.165, 1.54) is 0 Å². The number of anilines is 1. The smallest absolute Gasteiger partial charge is 0.339 e. The molecule has 1 heterocycles. The first-order chi connectivity index (χ1) is 10.4. The highest BCUT2D eigenvalue weighted by atomic mass is 79.9. The largest absolute Gasteiger partial charge is 0.352 e. The summed E-state index contributed by atoms with van der Waals surface area (Å²) in [6.07, 6.45) is 1.65. The molecule has 0 radical (unpaired) electrons. The highest BCUT2D eigenvalue weighted by Gasteiger charge is 2.04. The lowest BCUT2D eigenvalue weighted by atomic mass is 10.2. The van der Waals surface area contributed by atoms with Gasteiger partial charge in [-0.05, 0) is 50.6 Å². The summed E-state index contributed by atoms with van der Waals surface area (Å²) in [5, 5.41) is 6.72. The quantitative estimate of drug-likeness (QED) is 0.631. The Kier molecular flexibility index (Phi) is 5.03. The molecule has 22 heavy (non-hydrogen) atoms. The summed E-state index contributed by atoms with van der Waals surface area (Å²) in [5.41, 5.74) is 7.48. The van der Waals surface area contributed by atoms with E-state index in [9.17, 15) is 4.79 Å². The zero-order valence-electron chi connectivity index (χ0n) is 13.1. The molecule has 0 atom stereocenters. The number of benzene rings is 1. The predicted molar refractivity (Wildman–Crippen MR) is 93.5 cm³/mol. The Labute approximate surface area is 138 Å². The molecule has 0 unspecified atom stereocenters. The monoisotopic (exact) mass is 362 g/mol. The van der Waals surface area contributed by atoms with Crippen LogP contribution in [-0.2, 0) is 7.05 Å². The van der Waals surface area contributed by atoms with Gasteiger partial charge in [0.2, 0.25) is 0 Å². The zero-order valence-corrected chi connectivity index (χ0v) is 14.7. The molecule has 0 saturated carbocycles. The number of urea groups is 1. The number of nitrogens with zero attached hydrogens (tertiary/aromatic N) is 2. The molecule has 2 N–H and O–H groups in total. The fourth-order valence-electron chi connectivity index (χ4n) is 2.06. The molecule has 0 bridgehead atoms. The summed E-state index contributed by atoms with van der Waals surface area (Å²) in [7, 11) is 2.00. The first kappa shape index (κ1) is 16.3. The van der Waals surface area contributed by atoms with Gasteiger partial charge in [-0.3, -0.25) is 0 Å². The summed E-state index contributed by atoms with van der Waals surface area (Å²) in [6, 6.07) is 7.26. The van der Waals surface area contributed by atoms with Crippen molar-refractivity contribution in [3.8, 4) is 0 Å². The Hall–Kier alpha value is -2.08. The van der Waals surface area contributed by atoms with Crippen molar-refractivity contribution >= 4 is 33.9 Å². The van der Waals surface area contributed by atoms with Gasteiger partial charge in [0.15, 0.2) is 0 Å². The van der Waals surface area contributed by atoms with Crippen LogP contribution < -0.4 is 10.7 Å². The van der Waals surface area contributed by atoms with Crippen molar-refractivity contribution in [3.05, 3.63) is 51.3 Å². The van der Waals surface area contributed by atoms with Crippen LogP contribution in [0.3, 0.4) is 0 Å². The van der Waals surface area contributed by atoms with Gasteiger partial charge < -0.3 is 9.88 Å². The van der Waals surface area contributed by atoms with Crippen LogP contribution in [0.5, 0.6) is 0 Å². The number of carbonyl (C=O) groups is 1. The standard InChI is InChI=1S/C16H19BrN4O/c1-10-7-14(5-6-15(10)17)19-16(22)20-18-9-13-8-11(2)21(4)12(13)3/h5-9H,1-4H3,(H2,19,20,22)/b18-9+. The number of carbonyl (C=O) groups excluding carboxylic acids is 1. The van der Waals surface area contributed by atoms with E-state index in [1.54, 1.807) is 6.21 Å². The van der Waals surface area contributed by atoms with Crippen LogP contribution >= 0.6 is 15.9 Å². The third kappa shape index (κ3) is 3.76. The third-order valence-corrected chi connectivity index (χ3v) is 4.49. The van der Waals surface area contributed by atoms with Crippen molar-refractivity contribution in [1.82, 2.24) is 9.99 Å². The molecule has 0 aliphatic rings. The lowest BCUT2D eigenvalue weighted by molar-refractivity contribution is 0.252. The van der Waals surface area contributed by atoms with Crippen molar-refractivity contribution in [2.75, 3.05) is 5.32 Å². The number of hydrogen-bond donors (Lipinski definition) is 2. The topological polar surface area (TPSA) is 58.4 Å². The van der Waals surface area contributed by atoms with Gasteiger partial charge in [0.25, 0.3) is 0 Å². The summed E-state index contributed by atoms with van der Waals surface area (Å²) in [4.78, 5) is 11.8. The Morgan fingerprint density at radius 3 is 2.59 bits per heavy atom. The summed E-state index contributed by atoms with van der Waals surface area (Å²) in [6.45, 7) is 6.01. The number of halogens is 1. The highest BCUT2D eigenvalue weighted by Crippen LogP contribution is 2.19. The maximum atomic E-state index is 11.8. The molecule has 0 fully saturated rings. The van der Waals surface area contributed by atoms with Crippen LogP contribution in [0.1, 0.15) is 22.5 Å². The lowest BCUT2D eigenvalue weighted by Gasteiger charge is -2.06. The Balaban J connectivity index is 1.96. The molecule has 1 aromatic carbocycles.